The summed E-state index contributed by atoms with van der Waals surface area (Å²) in [6.45, 7) is 6.75. The molecule has 1 heterocycles. The van der Waals surface area contributed by atoms with Crippen LogP contribution < -0.4 is 4.74 Å². The van der Waals surface area contributed by atoms with Crippen molar-refractivity contribution in [1.82, 2.24) is 14.8 Å². The monoisotopic (exact) mass is 463 g/mol. The van der Waals surface area contributed by atoms with Gasteiger partial charge in [0.15, 0.2) is 11.0 Å². The van der Waals surface area contributed by atoms with Gasteiger partial charge in [-0.25, -0.2) is 0 Å². The van der Waals surface area contributed by atoms with Crippen molar-refractivity contribution >= 4 is 39.3 Å². The van der Waals surface area contributed by atoms with E-state index in [-0.39, 0.29) is 0 Å². The fourth-order valence-corrected chi connectivity index (χ4v) is 4.01. The zero-order chi connectivity index (χ0) is 19.2. The number of halogens is 2. The summed E-state index contributed by atoms with van der Waals surface area (Å²) in [5, 5.41) is 10.0. The predicted molar refractivity (Wildman–Crippen MR) is 114 cm³/mol. The maximum absolute atomic E-state index is 6.21. The van der Waals surface area contributed by atoms with Crippen LogP contribution in [0.4, 0.5) is 0 Å². The van der Waals surface area contributed by atoms with Gasteiger partial charge in [0.05, 0.1) is 5.02 Å². The lowest BCUT2D eigenvalue weighted by Gasteiger charge is -2.10. The molecule has 0 spiro atoms. The molecule has 2 aromatic carbocycles. The fraction of sp³-hybridized carbons (Fsp3) is 0.200. The molecule has 0 atom stereocenters. The van der Waals surface area contributed by atoms with Crippen LogP contribution in [0, 0.1) is 6.92 Å². The lowest BCUT2D eigenvalue weighted by Crippen LogP contribution is -2.07. The minimum absolute atomic E-state index is 0.293. The maximum Gasteiger partial charge on any atom is 0.191 e. The van der Waals surface area contributed by atoms with Gasteiger partial charge >= 0.3 is 0 Å². The molecule has 4 nitrogen and oxygen atoms in total. The number of hydrogen-bond donors (Lipinski definition) is 0. The third kappa shape index (κ3) is 5.37. The van der Waals surface area contributed by atoms with Crippen LogP contribution in [0.3, 0.4) is 0 Å². The van der Waals surface area contributed by atoms with Gasteiger partial charge in [-0.2, -0.15) is 0 Å². The Bertz CT molecular complexity index is 945. The second-order valence-corrected chi connectivity index (χ2v) is 8.20. The predicted octanol–water partition coefficient (Wildman–Crippen LogP) is 6.06. The first-order valence-electron chi connectivity index (χ1n) is 8.36. The molecule has 0 unspecified atom stereocenters. The van der Waals surface area contributed by atoms with Crippen LogP contribution in [-0.4, -0.2) is 14.8 Å². The van der Waals surface area contributed by atoms with Gasteiger partial charge in [0.25, 0.3) is 0 Å². The third-order valence-corrected chi connectivity index (χ3v) is 5.65. The minimum atomic E-state index is 0.293. The first-order chi connectivity index (χ1) is 13.1. The molecule has 0 N–H and O–H groups in total. The van der Waals surface area contributed by atoms with Crippen LogP contribution in [0.25, 0.3) is 0 Å². The summed E-state index contributed by atoms with van der Waals surface area (Å²) in [5.74, 6) is 2.19. The molecule has 0 aliphatic carbocycles. The van der Waals surface area contributed by atoms with Crippen LogP contribution in [0.2, 0.25) is 5.02 Å². The van der Waals surface area contributed by atoms with E-state index in [4.69, 9.17) is 16.3 Å². The van der Waals surface area contributed by atoms with Gasteiger partial charge in [-0.05, 0) is 42.3 Å². The summed E-state index contributed by atoms with van der Waals surface area (Å²) < 4.78 is 8.96. The van der Waals surface area contributed by atoms with E-state index in [2.05, 4.69) is 44.8 Å². The van der Waals surface area contributed by atoms with Crippen LogP contribution in [-0.2, 0) is 18.9 Å². The summed E-state index contributed by atoms with van der Waals surface area (Å²) >= 11 is 11.3. The molecule has 0 aliphatic rings. The molecule has 0 amide bonds. The Morgan fingerprint density at radius 3 is 2.89 bits per heavy atom. The smallest absolute Gasteiger partial charge is 0.191 e. The highest BCUT2D eigenvalue weighted by atomic mass is 79.9. The van der Waals surface area contributed by atoms with Crippen LogP contribution in [0.1, 0.15) is 17.0 Å². The molecule has 27 heavy (non-hydrogen) atoms. The van der Waals surface area contributed by atoms with Crippen molar-refractivity contribution < 1.29 is 4.74 Å². The number of aromatic nitrogens is 3. The Labute approximate surface area is 176 Å². The second-order valence-electron chi connectivity index (χ2n) is 5.94. The van der Waals surface area contributed by atoms with E-state index < -0.39 is 0 Å². The van der Waals surface area contributed by atoms with Crippen molar-refractivity contribution in [3.63, 3.8) is 0 Å². The average molecular weight is 465 g/mol. The van der Waals surface area contributed by atoms with Gasteiger partial charge in [0, 0.05) is 16.8 Å². The molecular formula is C20H19BrClN3OS. The molecule has 7 heteroatoms. The van der Waals surface area contributed by atoms with E-state index in [0.29, 0.717) is 23.9 Å². The quantitative estimate of drug-likeness (QED) is 0.300. The van der Waals surface area contributed by atoms with Crippen molar-refractivity contribution in [1.29, 1.82) is 0 Å². The van der Waals surface area contributed by atoms with Crippen LogP contribution in [0.15, 0.2) is 64.7 Å². The Hall–Kier alpha value is -1.76. The number of benzene rings is 2. The zero-order valence-corrected chi connectivity index (χ0v) is 18.0. The molecule has 0 saturated carbocycles. The van der Waals surface area contributed by atoms with E-state index in [1.54, 1.807) is 11.8 Å². The van der Waals surface area contributed by atoms with E-state index in [1.165, 1.54) is 5.56 Å². The number of thioether (sulfide) groups is 1. The van der Waals surface area contributed by atoms with E-state index >= 15 is 0 Å². The molecule has 0 saturated heterocycles. The van der Waals surface area contributed by atoms with E-state index in [9.17, 15) is 0 Å². The molecule has 0 aliphatic heterocycles. The fourth-order valence-electron chi connectivity index (χ4n) is 2.48. The number of aryl methyl sites for hydroxylation is 1. The summed E-state index contributed by atoms with van der Waals surface area (Å²) in [6.07, 6.45) is 1.83. The van der Waals surface area contributed by atoms with Crippen LogP contribution >= 0.6 is 39.3 Å². The van der Waals surface area contributed by atoms with Crippen LogP contribution in [0.5, 0.6) is 5.75 Å². The van der Waals surface area contributed by atoms with Gasteiger partial charge in [0.2, 0.25) is 0 Å². The van der Waals surface area contributed by atoms with Gasteiger partial charge in [-0.3, -0.25) is 4.57 Å². The van der Waals surface area contributed by atoms with Crippen molar-refractivity contribution in [2.75, 3.05) is 0 Å². The topological polar surface area (TPSA) is 39.9 Å². The third-order valence-electron chi connectivity index (χ3n) is 3.81. The van der Waals surface area contributed by atoms with Gasteiger partial charge in [-0.15, -0.1) is 16.8 Å². The van der Waals surface area contributed by atoms with Crippen molar-refractivity contribution in [3.05, 3.63) is 81.6 Å². The molecular weight excluding hydrogens is 446 g/mol. The van der Waals surface area contributed by atoms with E-state index in [1.807, 2.05) is 47.9 Å². The summed E-state index contributed by atoms with van der Waals surface area (Å²) in [4.78, 5) is 0. The second kappa shape index (κ2) is 9.44. The normalized spacial score (nSPS) is 10.8. The van der Waals surface area contributed by atoms with Crippen molar-refractivity contribution in [2.24, 2.45) is 0 Å². The Morgan fingerprint density at radius 2 is 2.11 bits per heavy atom. The number of hydrogen-bond acceptors (Lipinski definition) is 4. The average Bonchev–Trinajstić information content (AvgIpc) is 3.03. The van der Waals surface area contributed by atoms with E-state index in [0.717, 1.165) is 26.8 Å². The summed E-state index contributed by atoms with van der Waals surface area (Å²) in [5.41, 5.74) is 2.30. The minimum Gasteiger partial charge on any atom is -0.484 e. The molecule has 1 aromatic heterocycles. The number of allylic oxidation sites excluding steroid dienone is 1. The molecule has 3 rings (SSSR count). The highest BCUT2D eigenvalue weighted by molar-refractivity contribution is 9.10. The van der Waals surface area contributed by atoms with Crippen molar-refractivity contribution in [3.8, 4) is 5.75 Å². The number of rotatable bonds is 8. The summed E-state index contributed by atoms with van der Waals surface area (Å²) in [7, 11) is 0. The molecule has 0 fully saturated rings. The lowest BCUT2D eigenvalue weighted by molar-refractivity contribution is 0.289. The highest BCUT2D eigenvalue weighted by Gasteiger charge is 2.13. The largest absolute Gasteiger partial charge is 0.484 e. The van der Waals surface area contributed by atoms with Gasteiger partial charge < -0.3 is 4.74 Å². The van der Waals surface area contributed by atoms with Crippen molar-refractivity contribution in [2.45, 2.75) is 31.0 Å². The SMILES string of the molecule is C=CCn1c(COc2cc(C)ccc2Cl)nnc1SCc1cccc(Br)c1. The zero-order valence-electron chi connectivity index (χ0n) is 14.9. The molecule has 140 valence electrons. The highest BCUT2D eigenvalue weighted by Crippen LogP contribution is 2.27. The molecule has 0 bridgehead atoms. The first-order valence-corrected chi connectivity index (χ1v) is 10.5. The summed E-state index contributed by atoms with van der Waals surface area (Å²) in [6, 6.07) is 13.9. The molecule has 3 aromatic rings. The Kier molecular flexibility index (Phi) is 6.99. The first kappa shape index (κ1) is 20.0. The lowest BCUT2D eigenvalue weighted by atomic mass is 10.2. The van der Waals surface area contributed by atoms with Gasteiger partial charge in [0.1, 0.15) is 12.4 Å². The maximum atomic E-state index is 6.21. The number of nitrogens with zero attached hydrogens (tertiary/aromatic N) is 3. The van der Waals surface area contributed by atoms with Gasteiger partial charge in [-0.1, -0.05) is 63.6 Å². The molecule has 0 radical (unpaired) electrons. The standard InChI is InChI=1S/C20H19BrClN3OS/c1-3-9-25-19(12-26-18-10-14(2)7-8-17(18)22)23-24-20(25)27-13-15-5-4-6-16(21)11-15/h3-8,10-11H,1,9,12-13H2,2H3. The number of ether oxygens (including phenoxy) is 1. The Morgan fingerprint density at radius 1 is 1.26 bits per heavy atom. The Balaban J connectivity index is 1.72.